The Morgan fingerprint density at radius 3 is 2.67 bits per heavy atom. The van der Waals surface area contributed by atoms with Crippen molar-refractivity contribution in [2.24, 2.45) is 5.41 Å². The van der Waals surface area contributed by atoms with Crippen molar-refractivity contribution >= 4 is 12.1 Å². The summed E-state index contributed by atoms with van der Waals surface area (Å²) in [6, 6.07) is -0.866. The SMILES string of the molecule is C=CCOC(=O)NC(C(=O)O)C1(C)CC1. The Morgan fingerprint density at radius 2 is 2.27 bits per heavy atom. The molecule has 1 aliphatic carbocycles. The first-order chi connectivity index (χ1) is 6.99. The van der Waals surface area contributed by atoms with Crippen molar-refractivity contribution in [1.82, 2.24) is 5.32 Å². The summed E-state index contributed by atoms with van der Waals surface area (Å²) < 4.78 is 4.66. The zero-order valence-corrected chi connectivity index (χ0v) is 8.66. The predicted octanol–water partition coefficient (Wildman–Crippen LogP) is 1.15. The highest BCUT2D eigenvalue weighted by Crippen LogP contribution is 2.48. The molecule has 0 bridgehead atoms. The van der Waals surface area contributed by atoms with Gasteiger partial charge in [-0.05, 0) is 18.3 Å². The van der Waals surface area contributed by atoms with Crippen LogP contribution in [-0.2, 0) is 9.53 Å². The lowest BCUT2D eigenvalue weighted by Gasteiger charge is -2.19. The number of carboxylic acids is 1. The highest BCUT2D eigenvalue weighted by molar-refractivity contribution is 5.81. The van der Waals surface area contributed by atoms with Crippen molar-refractivity contribution in [2.75, 3.05) is 6.61 Å². The molecule has 1 fully saturated rings. The summed E-state index contributed by atoms with van der Waals surface area (Å²) in [7, 11) is 0. The molecular weight excluding hydrogens is 198 g/mol. The number of carbonyl (C=O) groups is 2. The molecule has 1 saturated carbocycles. The smallest absolute Gasteiger partial charge is 0.408 e. The summed E-state index contributed by atoms with van der Waals surface area (Å²) in [5, 5.41) is 11.3. The van der Waals surface area contributed by atoms with Crippen LogP contribution >= 0.6 is 0 Å². The molecule has 1 atom stereocenters. The molecule has 2 N–H and O–H groups in total. The van der Waals surface area contributed by atoms with Gasteiger partial charge in [-0.3, -0.25) is 0 Å². The van der Waals surface area contributed by atoms with Gasteiger partial charge in [0.25, 0.3) is 0 Å². The number of carbonyl (C=O) groups excluding carboxylic acids is 1. The lowest BCUT2D eigenvalue weighted by atomic mass is 9.99. The van der Waals surface area contributed by atoms with E-state index in [0.29, 0.717) is 0 Å². The Bertz CT molecular complexity index is 283. The molecule has 0 aromatic carbocycles. The molecule has 0 aromatic rings. The molecule has 0 aromatic heterocycles. The zero-order chi connectivity index (χ0) is 11.5. The quantitative estimate of drug-likeness (QED) is 0.672. The molecule has 1 amide bonds. The third-order valence-electron chi connectivity index (χ3n) is 2.58. The highest BCUT2D eigenvalue weighted by Gasteiger charge is 2.49. The number of rotatable bonds is 5. The maximum absolute atomic E-state index is 11.1. The molecule has 1 aliphatic rings. The first-order valence-corrected chi connectivity index (χ1v) is 4.76. The Kier molecular flexibility index (Phi) is 3.34. The normalized spacial score (nSPS) is 18.7. The molecule has 5 heteroatoms. The van der Waals surface area contributed by atoms with Crippen LogP contribution < -0.4 is 5.32 Å². The average Bonchev–Trinajstić information content (AvgIpc) is 2.90. The molecule has 1 unspecified atom stereocenters. The minimum atomic E-state index is -1.02. The van der Waals surface area contributed by atoms with Crippen molar-refractivity contribution < 1.29 is 19.4 Å². The van der Waals surface area contributed by atoms with Gasteiger partial charge >= 0.3 is 12.1 Å². The number of aliphatic carboxylic acids is 1. The maximum Gasteiger partial charge on any atom is 0.408 e. The summed E-state index contributed by atoms with van der Waals surface area (Å²) in [6.07, 6.45) is 2.33. The fraction of sp³-hybridized carbons (Fsp3) is 0.600. The van der Waals surface area contributed by atoms with Gasteiger partial charge in [0.1, 0.15) is 12.6 Å². The van der Waals surface area contributed by atoms with E-state index >= 15 is 0 Å². The lowest BCUT2D eigenvalue weighted by molar-refractivity contribution is -0.141. The molecule has 0 saturated heterocycles. The summed E-state index contributed by atoms with van der Waals surface area (Å²) in [5.41, 5.74) is -0.320. The van der Waals surface area contributed by atoms with Gasteiger partial charge in [-0.25, -0.2) is 9.59 Å². The van der Waals surface area contributed by atoms with Crippen LogP contribution in [0.25, 0.3) is 0 Å². The van der Waals surface area contributed by atoms with Crippen LogP contribution in [0.3, 0.4) is 0 Å². The van der Waals surface area contributed by atoms with Gasteiger partial charge in [0, 0.05) is 0 Å². The van der Waals surface area contributed by atoms with Crippen LogP contribution in [-0.4, -0.2) is 29.8 Å². The minimum Gasteiger partial charge on any atom is -0.480 e. The first-order valence-electron chi connectivity index (χ1n) is 4.76. The number of hydrogen-bond acceptors (Lipinski definition) is 3. The summed E-state index contributed by atoms with van der Waals surface area (Å²) in [4.78, 5) is 22.1. The van der Waals surface area contributed by atoms with E-state index in [0.717, 1.165) is 12.8 Å². The monoisotopic (exact) mass is 213 g/mol. The van der Waals surface area contributed by atoms with Gasteiger partial charge in [0.15, 0.2) is 0 Å². The van der Waals surface area contributed by atoms with Gasteiger partial charge in [-0.1, -0.05) is 19.6 Å². The number of carboxylic acid groups (broad SMARTS) is 1. The Hall–Kier alpha value is -1.52. The second-order valence-electron chi connectivity index (χ2n) is 3.96. The van der Waals surface area contributed by atoms with Crippen molar-refractivity contribution in [3.05, 3.63) is 12.7 Å². The van der Waals surface area contributed by atoms with Gasteiger partial charge in [0.2, 0.25) is 0 Å². The van der Waals surface area contributed by atoms with Crippen LogP contribution in [0.15, 0.2) is 12.7 Å². The fourth-order valence-corrected chi connectivity index (χ4v) is 1.31. The molecule has 0 radical (unpaired) electrons. The number of nitrogens with one attached hydrogen (secondary N) is 1. The van der Waals surface area contributed by atoms with E-state index in [4.69, 9.17) is 5.11 Å². The van der Waals surface area contributed by atoms with Crippen molar-refractivity contribution in [3.63, 3.8) is 0 Å². The van der Waals surface area contributed by atoms with E-state index in [9.17, 15) is 9.59 Å². The second-order valence-corrected chi connectivity index (χ2v) is 3.96. The molecule has 84 valence electrons. The van der Waals surface area contributed by atoms with E-state index in [2.05, 4.69) is 16.6 Å². The molecule has 0 aliphatic heterocycles. The van der Waals surface area contributed by atoms with E-state index in [-0.39, 0.29) is 12.0 Å². The standard InChI is InChI=1S/C10H15NO4/c1-3-6-15-9(14)11-7(8(12)13)10(2)4-5-10/h3,7H,1,4-6H2,2H3,(H,11,14)(H,12,13). The highest BCUT2D eigenvalue weighted by atomic mass is 16.5. The van der Waals surface area contributed by atoms with Crippen LogP contribution in [0.5, 0.6) is 0 Å². The lowest BCUT2D eigenvalue weighted by Crippen LogP contribution is -2.46. The van der Waals surface area contributed by atoms with Gasteiger partial charge < -0.3 is 15.2 Å². The largest absolute Gasteiger partial charge is 0.480 e. The van der Waals surface area contributed by atoms with Gasteiger partial charge in [0.05, 0.1) is 0 Å². The van der Waals surface area contributed by atoms with Crippen LogP contribution in [0.2, 0.25) is 0 Å². The topological polar surface area (TPSA) is 75.6 Å². The fourth-order valence-electron chi connectivity index (χ4n) is 1.31. The molecule has 5 nitrogen and oxygen atoms in total. The van der Waals surface area contributed by atoms with Crippen LogP contribution in [0.4, 0.5) is 4.79 Å². The van der Waals surface area contributed by atoms with E-state index in [1.165, 1.54) is 6.08 Å². The van der Waals surface area contributed by atoms with Crippen molar-refractivity contribution in [1.29, 1.82) is 0 Å². The van der Waals surface area contributed by atoms with Crippen molar-refractivity contribution in [3.8, 4) is 0 Å². The number of ether oxygens (including phenoxy) is 1. The number of alkyl carbamates (subject to hydrolysis) is 1. The summed E-state index contributed by atoms with van der Waals surface area (Å²) >= 11 is 0. The third-order valence-corrected chi connectivity index (χ3v) is 2.58. The first kappa shape index (κ1) is 11.6. The van der Waals surface area contributed by atoms with Gasteiger partial charge in [-0.2, -0.15) is 0 Å². The Labute approximate surface area is 88.1 Å². The molecule has 15 heavy (non-hydrogen) atoms. The second kappa shape index (κ2) is 4.33. The van der Waals surface area contributed by atoms with E-state index in [1.807, 2.05) is 6.92 Å². The Balaban J connectivity index is 2.48. The Morgan fingerprint density at radius 1 is 1.67 bits per heavy atom. The van der Waals surface area contributed by atoms with Crippen LogP contribution in [0, 0.1) is 5.41 Å². The number of amides is 1. The summed E-state index contributed by atoms with van der Waals surface area (Å²) in [6.45, 7) is 5.30. The summed E-state index contributed by atoms with van der Waals surface area (Å²) in [5.74, 6) is -1.02. The minimum absolute atomic E-state index is 0.0783. The molecule has 0 spiro atoms. The molecular formula is C10H15NO4. The van der Waals surface area contributed by atoms with Crippen molar-refractivity contribution in [2.45, 2.75) is 25.8 Å². The molecule has 0 heterocycles. The predicted molar refractivity (Wildman–Crippen MR) is 53.4 cm³/mol. The van der Waals surface area contributed by atoms with E-state index < -0.39 is 18.1 Å². The third kappa shape index (κ3) is 2.97. The van der Waals surface area contributed by atoms with Gasteiger partial charge in [-0.15, -0.1) is 0 Å². The van der Waals surface area contributed by atoms with Crippen LogP contribution in [0.1, 0.15) is 19.8 Å². The average molecular weight is 213 g/mol. The van der Waals surface area contributed by atoms with E-state index in [1.54, 1.807) is 0 Å². The zero-order valence-electron chi connectivity index (χ0n) is 8.66. The molecule has 1 rings (SSSR count). The number of hydrogen-bond donors (Lipinski definition) is 2. The maximum atomic E-state index is 11.1.